The lowest BCUT2D eigenvalue weighted by Crippen LogP contribution is -2.32. The van der Waals surface area contributed by atoms with Crippen LogP contribution in [0, 0.1) is 0 Å². The number of carbonyl (C=O) groups excluding carboxylic acids is 1. The van der Waals surface area contributed by atoms with Gasteiger partial charge in [0.1, 0.15) is 0 Å². The van der Waals surface area contributed by atoms with Gasteiger partial charge in [0.2, 0.25) is 0 Å². The monoisotopic (exact) mass is 380 g/mol. The molecule has 0 saturated heterocycles. The molecule has 1 N–H and O–H groups in total. The van der Waals surface area contributed by atoms with Crippen LogP contribution in [0.1, 0.15) is 41.9 Å². The van der Waals surface area contributed by atoms with E-state index < -0.39 is 17.8 Å². The molecule has 1 amide bonds. The van der Waals surface area contributed by atoms with Gasteiger partial charge in [0.15, 0.2) is 17.0 Å². The van der Waals surface area contributed by atoms with E-state index in [1.54, 1.807) is 17.5 Å². The quantitative estimate of drug-likeness (QED) is 0.743. The first-order valence-electron chi connectivity index (χ1n) is 8.24. The summed E-state index contributed by atoms with van der Waals surface area (Å²) in [6.45, 7) is 0. The average Bonchev–Trinajstić information content (AvgIpc) is 3.33. The van der Waals surface area contributed by atoms with E-state index in [0.29, 0.717) is 9.39 Å². The number of rotatable bonds is 3. The Morgan fingerprint density at radius 1 is 1.27 bits per heavy atom. The second kappa shape index (κ2) is 6.39. The van der Waals surface area contributed by atoms with Crippen LogP contribution in [0.25, 0.3) is 16.2 Å². The van der Waals surface area contributed by atoms with Crippen LogP contribution in [0.5, 0.6) is 0 Å². The molecular formula is C17H15F3N4OS. The summed E-state index contributed by atoms with van der Waals surface area (Å²) >= 11 is 1.30. The first kappa shape index (κ1) is 17.0. The van der Waals surface area contributed by atoms with Crippen LogP contribution in [-0.2, 0) is 6.18 Å². The van der Waals surface area contributed by atoms with Gasteiger partial charge >= 0.3 is 6.18 Å². The third-order valence-electron chi connectivity index (χ3n) is 4.41. The van der Waals surface area contributed by atoms with Crippen LogP contribution in [-0.4, -0.2) is 26.5 Å². The minimum atomic E-state index is -4.61. The van der Waals surface area contributed by atoms with E-state index in [-0.39, 0.29) is 23.1 Å². The summed E-state index contributed by atoms with van der Waals surface area (Å²) in [5, 5.41) is 8.47. The molecule has 9 heteroatoms. The molecule has 5 nitrogen and oxygen atoms in total. The molecule has 3 heterocycles. The predicted octanol–water partition coefficient (Wildman–Crippen LogP) is 4.15. The molecule has 1 saturated carbocycles. The fourth-order valence-corrected chi connectivity index (χ4v) is 3.85. The van der Waals surface area contributed by atoms with Gasteiger partial charge < -0.3 is 5.32 Å². The van der Waals surface area contributed by atoms with Gasteiger partial charge in [0, 0.05) is 12.1 Å². The summed E-state index contributed by atoms with van der Waals surface area (Å²) in [5.41, 5.74) is -0.800. The Balaban J connectivity index is 1.77. The van der Waals surface area contributed by atoms with E-state index in [9.17, 15) is 18.0 Å². The SMILES string of the molecule is O=C(NC1CCCC1)c1cc2nc(-c3cccs3)cc(C(F)(F)F)n2n1. The second-order valence-electron chi connectivity index (χ2n) is 6.26. The molecule has 0 atom stereocenters. The zero-order valence-electron chi connectivity index (χ0n) is 13.6. The van der Waals surface area contributed by atoms with Crippen molar-refractivity contribution in [3.05, 3.63) is 41.0 Å². The van der Waals surface area contributed by atoms with Crippen LogP contribution in [0.4, 0.5) is 13.2 Å². The highest BCUT2D eigenvalue weighted by atomic mass is 32.1. The van der Waals surface area contributed by atoms with Crippen LogP contribution >= 0.6 is 11.3 Å². The van der Waals surface area contributed by atoms with Crippen molar-refractivity contribution in [1.82, 2.24) is 19.9 Å². The number of hydrogen-bond donors (Lipinski definition) is 1. The van der Waals surface area contributed by atoms with Crippen molar-refractivity contribution >= 4 is 22.9 Å². The minimum Gasteiger partial charge on any atom is -0.348 e. The normalized spacial score (nSPS) is 15.7. The van der Waals surface area contributed by atoms with Gasteiger partial charge in [0.25, 0.3) is 5.91 Å². The number of alkyl halides is 3. The maximum Gasteiger partial charge on any atom is 0.433 e. The number of aromatic nitrogens is 3. The van der Waals surface area contributed by atoms with E-state index in [4.69, 9.17) is 0 Å². The molecule has 1 aliphatic carbocycles. The summed E-state index contributed by atoms with van der Waals surface area (Å²) < 4.78 is 41.2. The van der Waals surface area contributed by atoms with Crippen molar-refractivity contribution in [1.29, 1.82) is 0 Å². The Labute approximate surface area is 150 Å². The summed E-state index contributed by atoms with van der Waals surface area (Å²) in [4.78, 5) is 17.2. The number of carbonyl (C=O) groups is 1. The fraction of sp³-hybridized carbons (Fsp3) is 0.353. The minimum absolute atomic E-state index is 0.000188. The highest BCUT2D eigenvalue weighted by Crippen LogP contribution is 2.33. The Morgan fingerprint density at radius 2 is 2.04 bits per heavy atom. The zero-order valence-corrected chi connectivity index (χ0v) is 14.4. The first-order valence-corrected chi connectivity index (χ1v) is 9.12. The Morgan fingerprint density at radius 3 is 2.69 bits per heavy atom. The molecule has 3 aromatic rings. The summed E-state index contributed by atoms with van der Waals surface area (Å²) in [6, 6.07) is 5.77. The molecule has 3 aromatic heterocycles. The van der Waals surface area contributed by atoms with Crippen LogP contribution in [0.2, 0.25) is 0 Å². The fourth-order valence-electron chi connectivity index (χ4n) is 3.17. The molecule has 0 bridgehead atoms. The maximum atomic E-state index is 13.5. The number of fused-ring (bicyclic) bond motifs is 1. The van der Waals surface area contributed by atoms with Gasteiger partial charge in [-0.2, -0.15) is 18.3 Å². The molecule has 0 radical (unpaired) electrons. The van der Waals surface area contributed by atoms with E-state index >= 15 is 0 Å². The smallest absolute Gasteiger partial charge is 0.348 e. The molecule has 0 spiro atoms. The van der Waals surface area contributed by atoms with E-state index in [1.165, 1.54) is 17.4 Å². The third-order valence-corrected chi connectivity index (χ3v) is 5.31. The lowest BCUT2D eigenvalue weighted by atomic mass is 10.2. The van der Waals surface area contributed by atoms with Crippen molar-refractivity contribution in [2.45, 2.75) is 37.9 Å². The molecule has 4 rings (SSSR count). The number of nitrogens with zero attached hydrogens (tertiary/aromatic N) is 3. The lowest BCUT2D eigenvalue weighted by Gasteiger charge is -2.10. The van der Waals surface area contributed by atoms with Crippen LogP contribution in [0.15, 0.2) is 29.6 Å². The third kappa shape index (κ3) is 3.18. The first-order chi connectivity index (χ1) is 12.4. The average molecular weight is 380 g/mol. The van der Waals surface area contributed by atoms with Gasteiger partial charge in [-0.15, -0.1) is 11.3 Å². The van der Waals surface area contributed by atoms with Crippen molar-refractivity contribution in [2.75, 3.05) is 0 Å². The summed E-state index contributed by atoms with van der Waals surface area (Å²) in [6.07, 6.45) is -0.764. The molecule has 0 unspecified atom stereocenters. The second-order valence-corrected chi connectivity index (χ2v) is 7.20. The highest BCUT2D eigenvalue weighted by molar-refractivity contribution is 7.13. The van der Waals surface area contributed by atoms with E-state index in [2.05, 4.69) is 15.4 Å². The van der Waals surface area contributed by atoms with E-state index in [0.717, 1.165) is 31.7 Å². The molecule has 1 aliphatic rings. The Hall–Kier alpha value is -2.42. The molecule has 1 fully saturated rings. The van der Waals surface area contributed by atoms with Crippen molar-refractivity contribution < 1.29 is 18.0 Å². The largest absolute Gasteiger partial charge is 0.433 e. The summed E-state index contributed by atoms with van der Waals surface area (Å²) in [7, 11) is 0. The molecule has 26 heavy (non-hydrogen) atoms. The Bertz CT molecular complexity index is 943. The molecule has 0 aliphatic heterocycles. The van der Waals surface area contributed by atoms with Gasteiger partial charge in [0.05, 0.1) is 10.6 Å². The molecule has 0 aromatic carbocycles. The van der Waals surface area contributed by atoms with Gasteiger partial charge in [-0.1, -0.05) is 18.9 Å². The number of halogens is 3. The molecular weight excluding hydrogens is 365 g/mol. The van der Waals surface area contributed by atoms with Crippen molar-refractivity contribution in [2.24, 2.45) is 0 Å². The predicted molar refractivity (Wildman–Crippen MR) is 91.0 cm³/mol. The number of hydrogen-bond acceptors (Lipinski definition) is 4. The lowest BCUT2D eigenvalue weighted by molar-refractivity contribution is -0.142. The number of thiophene rings is 1. The standard InChI is InChI=1S/C17H15F3N4OS/c18-17(19,20)14-8-11(13-6-3-7-26-13)22-15-9-12(23-24(14)15)16(25)21-10-4-1-2-5-10/h3,6-10H,1-2,4-5H2,(H,21,25). The van der Waals surface area contributed by atoms with E-state index in [1.807, 2.05) is 0 Å². The maximum absolute atomic E-state index is 13.5. The van der Waals surface area contributed by atoms with Crippen LogP contribution in [0.3, 0.4) is 0 Å². The Kier molecular flexibility index (Phi) is 4.18. The van der Waals surface area contributed by atoms with Crippen molar-refractivity contribution in [3.8, 4) is 10.6 Å². The highest BCUT2D eigenvalue weighted by Gasteiger charge is 2.36. The van der Waals surface area contributed by atoms with Crippen molar-refractivity contribution in [3.63, 3.8) is 0 Å². The van der Waals surface area contributed by atoms with Gasteiger partial charge in [-0.05, 0) is 30.4 Å². The zero-order chi connectivity index (χ0) is 18.3. The summed E-state index contributed by atoms with van der Waals surface area (Å²) in [5.74, 6) is -0.465. The number of amides is 1. The van der Waals surface area contributed by atoms with Gasteiger partial charge in [-0.3, -0.25) is 4.79 Å². The topological polar surface area (TPSA) is 59.3 Å². The molecule has 136 valence electrons. The van der Waals surface area contributed by atoms with Gasteiger partial charge in [-0.25, -0.2) is 9.50 Å². The van der Waals surface area contributed by atoms with Crippen LogP contribution < -0.4 is 5.32 Å². The number of nitrogens with one attached hydrogen (secondary N) is 1.